The normalized spacial score (nSPS) is 20.8. The summed E-state index contributed by atoms with van der Waals surface area (Å²) in [7, 11) is -2.44. The maximum atomic E-state index is 13.1. The quantitative estimate of drug-likeness (QED) is 0.527. The third-order valence-corrected chi connectivity index (χ3v) is 8.81. The average molecular weight is 438 g/mol. The number of rotatable bonds is 5. The van der Waals surface area contributed by atoms with Crippen molar-refractivity contribution in [1.82, 2.24) is 4.31 Å². The number of sulfonamides is 1. The SMILES string of the molecule is COC(=O)C1CC([Se]c2ccccc2)CN1S(=O)(=O)c1ccc(C)cc1. The summed E-state index contributed by atoms with van der Waals surface area (Å²) < 4.78 is 33.6. The van der Waals surface area contributed by atoms with Gasteiger partial charge in [-0.25, -0.2) is 0 Å². The molecule has 1 aliphatic rings. The Hall–Kier alpha value is -1.66. The Balaban J connectivity index is 1.87. The summed E-state index contributed by atoms with van der Waals surface area (Å²) in [6.07, 6.45) is 0.493. The minimum absolute atomic E-state index is 0.0884. The number of carbonyl (C=O) groups excluding carboxylic acids is 1. The van der Waals surface area contributed by atoms with Crippen molar-refractivity contribution in [2.75, 3.05) is 13.7 Å². The summed E-state index contributed by atoms with van der Waals surface area (Å²) >= 11 is 0.0884. The number of hydrogen-bond acceptors (Lipinski definition) is 4. The van der Waals surface area contributed by atoms with Crippen LogP contribution in [0.2, 0.25) is 4.82 Å². The van der Waals surface area contributed by atoms with Crippen molar-refractivity contribution in [3.63, 3.8) is 0 Å². The van der Waals surface area contributed by atoms with Gasteiger partial charge < -0.3 is 0 Å². The van der Waals surface area contributed by atoms with E-state index in [9.17, 15) is 13.2 Å². The van der Waals surface area contributed by atoms with Gasteiger partial charge in [0.2, 0.25) is 0 Å². The van der Waals surface area contributed by atoms with Crippen molar-refractivity contribution in [2.24, 2.45) is 0 Å². The second-order valence-corrected chi connectivity index (χ2v) is 11.0. The van der Waals surface area contributed by atoms with Gasteiger partial charge in [-0.3, -0.25) is 0 Å². The third kappa shape index (κ3) is 4.01. The Morgan fingerprint density at radius 1 is 1.12 bits per heavy atom. The van der Waals surface area contributed by atoms with Crippen molar-refractivity contribution in [2.45, 2.75) is 29.1 Å². The molecule has 2 unspecified atom stereocenters. The van der Waals surface area contributed by atoms with Gasteiger partial charge in [-0.05, 0) is 0 Å². The molecule has 26 heavy (non-hydrogen) atoms. The Morgan fingerprint density at radius 2 is 1.77 bits per heavy atom. The van der Waals surface area contributed by atoms with Gasteiger partial charge >= 0.3 is 161 Å². The molecule has 1 saturated heterocycles. The fraction of sp³-hybridized carbons (Fsp3) is 0.316. The zero-order chi connectivity index (χ0) is 18.7. The summed E-state index contributed by atoms with van der Waals surface area (Å²) in [5, 5.41) is 0. The first kappa shape index (κ1) is 19.1. The van der Waals surface area contributed by atoms with Crippen LogP contribution in [-0.4, -0.2) is 53.3 Å². The standard InChI is InChI=1S/C19H21NO4SSe/c1-14-8-10-15(11-9-14)25(22,23)20-13-17(12-18(20)19(21)24-2)26-16-6-4-3-5-7-16/h3-11,17-18H,12-13H2,1-2H3. The van der Waals surface area contributed by atoms with Crippen molar-refractivity contribution >= 4 is 35.4 Å². The summed E-state index contributed by atoms with van der Waals surface area (Å²) in [6.45, 7) is 2.24. The van der Waals surface area contributed by atoms with Crippen LogP contribution in [-0.2, 0) is 19.6 Å². The van der Waals surface area contributed by atoms with E-state index in [-0.39, 0.29) is 24.7 Å². The second kappa shape index (κ2) is 7.92. The van der Waals surface area contributed by atoms with E-state index < -0.39 is 22.0 Å². The fourth-order valence-corrected chi connectivity index (χ4v) is 7.40. The van der Waals surface area contributed by atoms with Gasteiger partial charge in [0.1, 0.15) is 0 Å². The van der Waals surface area contributed by atoms with Crippen LogP contribution in [0.15, 0.2) is 59.5 Å². The molecule has 138 valence electrons. The van der Waals surface area contributed by atoms with Crippen molar-refractivity contribution in [1.29, 1.82) is 0 Å². The molecular formula is C19H21NO4SSe. The molecule has 0 aliphatic carbocycles. The van der Waals surface area contributed by atoms with Gasteiger partial charge in [0.15, 0.2) is 0 Å². The molecule has 3 rings (SSSR count). The van der Waals surface area contributed by atoms with E-state index >= 15 is 0 Å². The molecule has 0 radical (unpaired) electrons. The zero-order valence-electron chi connectivity index (χ0n) is 14.7. The van der Waals surface area contributed by atoms with Crippen molar-refractivity contribution in [3.05, 3.63) is 60.2 Å². The number of ether oxygens (including phenoxy) is 1. The minimum atomic E-state index is -3.74. The number of hydrogen-bond donors (Lipinski definition) is 0. The Bertz CT molecular complexity index is 868. The average Bonchev–Trinajstić information content (AvgIpc) is 3.07. The van der Waals surface area contributed by atoms with Crippen LogP contribution in [0.1, 0.15) is 12.0 Å². The van der Waals surface area contributed by atoms with E-state index in [4.69, 9.17) is 4.74 Å². The van der Waals surface area contributed by atoms with E-state index in [1.807, 2.05) is 37.3 Å². The van der Waals surface area contributed by atoms with Crippen LogP contribution < -0.4 is 4.46 Å². The monoisotopic (exact) mass is 439 g/mol. The van der Waals surface area contributed by atoms with Gasteiger partial charge in [-0.1, -0.05) is 0 Å². The summed E-state index contributed by atoms with van der Waals surface area (Å²) in [4.78, 5) is 12.6. The van der Waals surface area contributed by atoms with E-state index in [1.54, 1.807) is 24.3 Å². The van der Waals surface area contributed by atoms with Crippen LogP contribution in [0.25, 0.3) is 0 Å². The van der Waals surface area contributed by atoms with E-state index in [2.05, 4.69) is 0 Å². The molecule has 2 atom stereocenters. The van der Waals surface area contributed by atoms with Gasteiger partial charge in [-0.15, -0.1) is 0 Å². The Morgan fingerprint density at radius 3 is 2.38 bits per heavy atom. The van der Waals surface area contributed by atoms with Crippen LogP contribution >= 0.6 is 0 Å². The number of benzene rings is 2. The molecule has 0 saturated carbocycles. The molecule has 0 aromatic heterocycles. The Kier molecular flexibility index (Phi) is 5.82. The van der Waals surface area contributed by atoms with Crippen molar-refractivity contribution in [3.8, 4) is 0 Å². The molecule has 0 spiro atoms. The van der Waals surface area contributed by atoms with Crippen LogP contribution in [0.5, 0.6) is 0 Å². The molecule has 0 N–H and O–H groups in total. The van der Waals surface area contributed by atoms with E-state index in [1.165, 1.54) is 15.9 Å². The number of methoxy groups -OCH3 is 1. The topological polar surface area (TPSA) is 63.7 Å². The first-order chi connectivity index (χ1) is 12.4. The van der Waals surface area contributed by atoms with Gasteiger partial charge in [-0.2, -0.15) is 0 Å². The Labute approximate surface area is 160 Å². The van der Waals surface area contributed by atoms with E-state index in [0.29, 0.717) is 13.0 Å². The first-order valence-electron chi connectivity index (χ1n) is 8.30. The van der Waals surface area contributed by atoms with Gasteiger partial charge in [0.05, 0.1) is 0 Å². The summed E-state index contributed by atoms with van der Waals surface area (Å²) in [6, 6.07) is 16.0. The van der Waals surface area contributed by atoms with E-state index in [0.717, 1.165) is 5.56 Å². The molecular weight excluding hydrogens is 417 g/mol. The maximum absolute atomic E-state index is 13.1. The molecule has 1 fully saturated rings. The predicted molar refractivity (Wildman–Crippen MR) is 101 cm³/mol. The number of nitrogens with zero attached hydrogens (tertiary/aromatic N) is 1. The predicted octanol–water partition coefficient (Wildman–Crippen LogP) is 1.75. The second-order valence-electron chi connectivity index (χ2n) is 6.22. The molecule has 7 heteroatoms. The zero-order valence-corrected chi connectivity index (χ0v) is 17.2. The van der Waals surface area contributed by atoms with Gasteiger partial charge in [0.25, 0.3) is 0 Å². The van der Waals surface area contributed by atoms with Crippen LogP contribution in [0.3, 0.4) is 0 Å². The summed E-state index contributed by atoms with van der Waals surface area (Å²) in [5.74, 6) is -0.493. The molecule has 1 aliphatic heterocycles. The number of aryl methyl sites for hydroxylation is 1. The number of esters is 1. The van der Waals surface area contributed by atoms with Crippen molar-refractivity contribution < 1.29 is 17.9 Å². The van der Waals surface area contributed by atoms with Crippen LogP contribution in [0.4, 0.5) is 0 Å². The van der Waals surface area contributed by atoms with Crippen LogP contribution in [0, 0.1) is 6.92 Å². The summed E-state index contributed by atoms with van der Waals surface area (Å²) in [5.41, 5.74) is 0.986. The molecule has 1 heterocycles. The molecule has 0 amide bonds. The first-order valence-corrected chi connectivity index (χ1v) is 11.6. The molecule has 2 aromatic carbocycles. The van der Waals surface area contributed by atoms with Gasteiger partial charge in [0, 0.05) is 0 Å². The third-order valence-electron chi connectivity index (χ3n) is 4.36. The molecule has 0 bridgehead atoms. The fourth-order valence-electron chi connectivity index (χ4n) is 3.01. The number of carbonyl (C=O) groups is 1. The molecule has 5 nitrogen and oxygen atoms in total. The molecule has 2 aromatic rings.